The van der Waals surface area contributed by atoms with Crippen LogP contribution in [0.3, 0.4) is 0 Å². The summed E-state index contributed by atoms with van der Waals surface area (Å²) >= 11 is 0. The van der Waals surface area contributed by atoms with Gasteiger partial charge in [-0.2, -0.15) is 5.10 Å². The largest absolute Gasteiger partial charge is 0.353 e. The van der Waals surface area contributed by atoms with E-state index in [0.717, 1.165) is 50.3 Å². The number of rotatable bonds is 3. The fourth-order valence-corrected chi connectivity index (χ4v) is 4.20. The third-order valence-corrected chi connectivity index (χ3v) is 6.01. The van der Waals surface area contributed by atoms with Crippen molar-refractivity contribution in [3.8, 4) is 33.9 Å². The number of nitrogens with zero attached hydrogens (tertiary/aromatic N) is 4. The van der Waals surface area contributed by atoms with Crippen molar-refractivity contribution >= 4 is 21.8 Å². The molecule has 0 fully saturated rings. The third kappa shape index (κ3) is 2.75. The maximum atomic E-state index is 14.5. The summed E-state index contributed by atoms with van der Waals surface area (Å²) in [4.78, 5) is 12.3. The van der Waals surface area contributed by atoms with Crippen molar-refractivity contribution in [3.63, 3.8) is 0 Å². The fraction of sp³-hybridized carbons (Fsp3) is 0.0800. The van der Waals surface area contributed by atoms with Crippen LogP contribution in [-0.2, 0) is 7.05 Å². The van der Waals surface area contributed by atoms with Crippen LogP contribution in [0, 0.1) is 12.7 Å². The molecule has 0 unspecified atom stereocenters. The number of pyridine rings is 1. The van der Waals surface area contributed by atoms with Crippen molar-refractivity contribution in [1.29, 1.82) is 0 Å². The number of benzene rings is 2. The van der Waals surface area contributed by atoms with E-state index in [4.69, 9.17) is 0 Å². The lowest BCUT2D eigenvalue weighted by Gasteiger charge is -2.04. The average molecular weight is 422 g/mol. The smallest absolute Gasteiger partial charge is 0.132 e. The second-order valence-electron chi connectivity index (χ2n) is 7.87. The Labute approximate surface area is 182 Å². The highest BCUT2D eigenvalue weighted by molar-refractivity contribution is 6.00. The zero-order chi connectivity index (χ0) is 21.8. The van der Waals surface area contributed by atoms with Gasteiger partial charge in [-0.15, -0.1) is 0 Å². The predicted octanol–water partition coefficient (Wildman–Crippen LogP) is 5.62. The van der Waals surface area contributed by atoms with Crippen LogP contribution in [0.4, 0.5) is 4.39 Å². The number of imidazole rings is 1. The van der Waals surface area contributed by atoms with Crippen molar-refractivity contribution in [2.24, 2.45) is 7.05 Å². The van der Waals surface area contributed by atoms with Gasteiger partial charge in [0.1, 0.15) is 17.3 Å². The van der Waals surface area contributed by atoms with Crippen LogP contribution in [0.1, 0.15) is 5.82 Å². The fourth-order valence-electron chi connectivity index (χ4n) is 4.20. The number of hydrogen-bond donors (Lipinski definition) is 2. The number of halogens is 1. The topological polar surface area (TPSA) is 75.2 Å². The van der Waals surface area contributed by atoms with Gasteiger partial charge in [0.2, 0.25) is 0 Å². The molecule has 0 saturated heterocycles. The molecule has 7 heteroatoms. The molecule has 2 aromatic carbocycles. The summed E-state index contributed by atoms with van der Waals surface area (Å²) in [7, 11) is 2.01. The van der Waals surface area contributed by atoms with E-state index in [2.05, 4.69) is 41.8 Å². The van der Waals surface area contributed by atoms with E-state index < -0.39 is 0 Å². The molecular weight excluding hydrogens is 403 g/mol. The van der Waals surface area contributed by atoms with Crippen LogP contribution in [0.2, 0.25) is 0 Å². The highest BCUT2D eigenvalue weighted by atomic mass is 19.1. The first kappa shape index (κ1) is 18.5. The number of nitrogens with one attached hydrogen (secondary N) is 2. The quantitative estimate of drug-likeness (QED) is 0.389. The van der Waals surface area contributed by atoms with Gasteiger partial charge in [0.05, 0.1) is 28.8 Å². The highest BCUT2D eigenvalue weighted by Crippen LogP contribution is 2.35. The van der Waals surface area contributed by atoms with Crippen molar-refractivity contribution < 1.29 is 4.39 Å². The minimum absolute atomic E-state index is 0.295. The van der Waals surface area contributed by atoms with Crippen molar-refractivity contribution in [2.45, 2.75) is 6.92 Å². The Kier molecular flexibility index (Phi) is 3.98. The third-order valence-electron chi connectivity index (χ3n) is 6.01. The van der Waals surface area contributed by atoms with E-state index in [-0.39, 0.29) is 5.82 Å². The van der Waals surface area contributed by atoms with E-state index in [0.29, 0.717) is 11.3 Å². The lowest BCUT2D eigenvalue weighted by molar-refractivity contribution is 0.631. The van der Waals surface area contributed by atoms with Gasteiger partial charge in [0.15, 0.2) is 0 Å². The van der Waals surface area contributed by atoms with Crippen LogP contribution >= 0.6 is 0 Å². The Morgan fingerprint density at radius 3 is 2.56 bits per heavy atom. The Morgan fingerprint density at radius 2 is 1.75 bits per heavy atom. The summed E-state index contributed by atoms with van der Waals surface area (Å²) < 4.78 is 16.5. The van der Waals surface area contributed by atoms with Gasteiger partial charge in [0, 0.05) is 40.7 Å². The zero-order valence-corrected chi connectivity index (χ0v) is 17.5. The number of aromatic nitrogens is 6. The maximum absolute atomic E-state index is 14.5. The van der Waals surface area contributed by atoms with Crippen molar-refractivity contribution in [3.05, 3.63) is 78.6 Å². The van der Waals surface area contributed by atoms with E-state index in [1.807, 2.05) is 44.4 Å². The standard InChI is InChI=1S/C25H19FN6/c1-14-28-13-23(32(14)2)15-7-8-21-17(11-15)25(31-30-21)22-12-18-20(29-22)9-10-27-24(18)16-5-3-4-6-19(16)26/h3-13,29H,1-2H3,(H,30,31). The number of hydrogen-bond acceptors (Lipinski definition) is 3. The highest BCUT2D eigenvalue weighted by Gasteiger charge is 2.16. The molecule has 0 atom stereocenters. The minimum atomic E-state index is -0.295. The van der Waals surface area contributed by atoms with Crippen LogP contribution < -0.4 is 0 Å². The number of aryl methyl sites for hydroxylation is 1. The second-order valence-corrected chi connectivity index (χ2v) is 7.87. The molecule has 0 spiro atoms. The molecule has 0 bridgehead atoms. The molecule has 0 amide bonds. The summed E-state index contributed by atoms with van der Waals surface area (Å²) in [5.74, 6) is 0.660. The van der Waals surface area contributed by atoms with Crippen LogP contribution in [0.15, 0.2) is 67.0 Å². The summed E-state index contributed by atoms with van der Waals surface area (Å²) in [5.41, 5.74) is 6.65. The van der Waals surface area contributed by atoms with E-state index in [9.17, 15) is 4.39 Å². The minimum Gasteiger partial charge on any atom is -0.353 e. The van der Waals surface area contributed by atoms with Gasteiger partial charge in [-0.3, -0.25) is 10.1 Å². The molecule has 32 heavy (non-hydrogen) atoms. The van der Waals surface area contributed by atoms with E-state index >= 15 is 0 Å². The predicted molar refractivity (Wildman–Crippen MR) is 124 cm³/mol. The average Bonchev–Trinajstić information content (AvgIpc) is 3.50. The summed E-state index contributed by atoms with van der Waals surface area (Å²) in [6, 6.07) is 16.8. The Morgan fingerprint density at radius 1 is 0.906 bits per heavy atom. The molecule has 0 aliphatic rings. The second kappa shape index (κ2) is 6.88. The molecule has 0 radical (unpaired) electrons. The Hall–Kier alpha value is -4.26. The number of fused-ring (bicyclic) bond motifs is 2. The summed E-state index contributed by atoms with van der Waals surface area (Å²) in [5, 5.41) is 9.53. The van der Waals surface area contributed by atoms with Crippen molar-refractivity contribution in [2.75, 3.05) is 0 Å². The molecule has 0 aliphatic carbocycles. The van der Waals surface area contributed by atoms with Crippen molar-refractivity contribution in [1.82, 2.24) is 29.7 Å². The van der Waals surface area contributed by atoms with Gasteiger partial charge in [0.25, 0.3) is 0 Å². The van der Waals surface area contributed by atoms with Gasteiger partial charge in [-0.25, -0.2) is 9.37 Å². The maximum Gasteiger partial charge on any atom is 0.132 e. The first-order valence-electron chi connectivity index (χ1n) is 10.3. The molecule has 2 N–H and O–H groups in total. The molecule has 6 aromatic rings. The molecule has 6 nitrogen and oxygen atoms in total. The van der Waals surface area contributed by atoms with Crippen LogP contribution in [0.5, 0.6) is 0 Å². The number of H-pyrrole nitrogens is 2. The molecule has 0 saturated carbocycles. The lowest BCUT2D eigenvalue weighted by atomic mass is 10.1. The Bertz CT molecular complexity index is 1620. The molecule has 4 heterocycles. The first-order valence-corrected chi connectivity index (χ1v) is 10.3. The SMILES string of the molecule is Cc1ncc(-c2ccc3[nH]nc(-c4cc5c(-c6ccccc6F)nccc5[nH]4)c3c2)n1C. The summed E-state index contributed by atoms with van der Waals surface area (Å²) in [6.45, 7) is 1.98. The van der Waals surface area contributed by atoms with Gasteiger partial charge in [-0.1, -0.05) is 18.2 Å². The molecule has 4 aromatic heterocycles. The molecular formula is C25H19FN6. The zero-order valence-electron chi connectivity index (χ0n) is 17.5. The van der Waals surface area contributed by atoms with E-state index in [1.54, 1.807) is 18.3 Å². The van der Waals surface area contributed by atoms with Gasteiger partial charge < -0.3 is 9.55 Å². The molecule has 6 rings (SSSR count). The lowest BCUT2D eigenvalue weighted by Crippen LogP contribution is -1.94. The Balaban J connectivity index is 1.53. The van der Waals surface area contributed by atoms with E-state index in [1.165, 1.54) is 6.07 Å². The number of aromatic amines is 2. The monoisotopic (exact) mass is 422 g/mol. The van der Waals surface area contributed by atoms with Crippen LogP contribution in [0.25, 0.3) is 55.7 Å². The first-order chi connectivity index (χ1) is 15.6. The normalized spacial score (nSPS) is 11.6. The van der Waals surface area contributed by atoms with Crippen LogP contribution in [-0.4, -0.2) is 29.7 Å². The summed E-state index contributed by atoms with van der Waals surface area (Å²) in [6.07, 6.45) is 3.57. The molecule has 156 valence electrons. The van der Waals surface area contributed by atoms with Gasteiger partial charge in [-0.05, 0) is 43.3 Å². The van der Waals surface area contributed by atoms with Gasteiger partial charge >= 0.3 is 0 Å². The molecule has 0 aliphatic heterocycles.